The Bertz CT molecular complexity index is 163. The third-order valence-electron chi connectivity index (χ3n) is 0.747. The van der Waals surface area contributed by atoms with E-state index in [4.69, 9.17) is 0 Å². The first-order chi connectivity index (χ1) is 3.93. The fourth-order valence-corrected chi connectivity index (χ4v) is 2.35. The van der Waals surface area contributed by atoms with Gasteiger partial charge in [-0.1, -0.05) is 0 Å². The van der Waals surface area contributed by atoms with Crippen LogP contribution in [0.5, 0.6) is 0 Å². The van der Waals surface area contributed by atoms with Gasteiger partial charge in [0.15, 0.2) is 0 Å². The second-order valence-electron chi connectivity index (χ2n) is 1.26. The van der Waals surface area contributed by atoms with Crippen LogP contribution in [0.2, 0.25) is 0 Å². The van der Waals surface area contributed by atoms with E-state index in [1.807, 2.05) is 28.9 Å². The Morgan fingerprint density at radius 2 is 2.00 bits per heavy atom. The van der Waals surface area contributed by atoms with Crippen LogP contribution in [0, 0.1) is 0 Å². The number of hydrogen-bond acceptors (Lipinski definition) is 1. The van der Waals surface area contributed by atoms with Crippen LogP contribution in [0.4, 0.5) is 0 Å². The summed E-state index contributed by atoms with van der Waals surface area (Å²) in [5.74, 6) is 0. The van der Waals surface area contributed by atoms with Crippen molar-refractivity contribution in [3.8, 4) is 0 Å². The summed E-state index contributed by atoms with van der Waals surface area (Å²) < 4.78 is 12.1. The number of rotatable bonds is 2. The summed E-state index contributed by atoms with van der Waals surface area (Å²) in [4.78, 5) is 0. The molecule has 1 unspecified atom stereocenters. The molecule has 0 aliphatic rings. The molecule has 1 aromatic rings. The van der Waals surface area contributed by atoms with Crippen LogP contribution >= 0.6 is 6.82 Å². The van der Waals surface area contributed by atoms with Gasteiger partial charge in [-0.15, -0.1) is 0 Å². The fourth-order valence-electron chi connectivity index (χ4n) is 0.438. The van der Waals surface area contributed by atoms with Crippen molar-refractivity contribution < 1.29 is 21.4 Å². The molecule has 0 amide bonds. The van der Waals surface area contributed by atoms with Gasteiger partial charge in [-0.2, -0.15) is 0 Å². The molecule has 0 saturated heterocycles. The molecule has 0 saturated carbocycles. The molecule has 1 atom stereocenters. The molecule has 0 bridgehead atoms. The number of hydrogen-bond donors (Lipinski definition) is 0. The molecule has 2 nitrogen and oxygen atoms in total. The van der Waals surface area contributed by atoms with Gasteiger partial charge in [0.25, 0.3) is 0 Å². The van der Waals surface area contributed by atoms with Crippen molar-refractivity contribution in [2.45, 2.75) is 0 Å². The Kier molecular flexibility index (Phi) is 2.58. The minimum atomic E-state index is -0.950. The molecule has 1 rings (SSSR count). The third kappa shape index (κ3) is 1.61. The van der Waals surface area contributed by atoms with Crippen molar-refractivity contribution >= 4 is 6.82 Å². The van der Waals surface area contributed by atoms with Gasteiger partial charge in [0, 0.05) is 0 Å². The van der Waals surface area contributed by atoms with Gasteiger partial charge in [-0.05, 0) is 0 Å². The molecule has 0 fully saturated rings. The van der Waals surface area contributed by atoms with Gasteiger partial charge in [-0.25, -0.2) is 0 Å². The van der Waals surface area contributed by atoms with Crippen molar-refractivity contribution in [1.29, 1.82) is 0 Å². The fraction of sp³-hybridized carbons (Fsp3) is 0. The van der Waals surface area contributed by atoms with Crippen LogP contribution in [0.1, 0.15) is 0 Å². The topological polar surface area (TPSA) is 22.0 Å². The van der Waals surface area contributed by atoms with Crippen LogP contribution in [0.3, 0.4) is 0 Å². The summed E-state index contributed by atoms with van der Waals surface area (Å²) in [7, 11) is 0. The van der Waals surface area contributed by atoms with Crippen molar-refractivity contribution in [1.82, 2.24) is 4.34 Å². The van der Waals surface area contributed by atoms with E-state index in [0.29, 0.717) is 6.82 Å². The average molecular weight is 210 g/mol. The van der Waals surface area contributed by atoms with E-state index in [2.05, 4.69) is 0 Å². The number of nitrogens with zero attached hydrogens (tertiary/aromatic N) is 1. The average Bonchev–Trinajstić information content (AvgIpc) is 2.19. The molecule has 4 heteroatoms. The molecule has 0 aliphatic carbocycles. The van der Waals surface area contributed by atoms with Crippen LogP contribution in [0.25, 0.3) is 0 Å². The summed E-state index contributed by atoms with van der Waals surface area (Å²) in [5, 5.41) is 0. The van der Waals surface area contributed by atoms with Gasteiger partial charge in [-0.3, -0.25) is 0 Å². The van der Waals surface area contributed by atoms with Crippen molar-refractivity contribution in [3.05, 3.63) is 24.5 Å². The zero-order valence-corrected chi connectivity index (χ0v) is 7.08. The van der Waals surface area contributed by atoms with E-state index in [-0.39, 0.29) is 0 Å². The Balaban J connectivity index is 2.62. The standard InChI is InChI=1S/C4H5NP.Mo.O/c6-5-3-1-2-4-5;;/h1-4,6H;;/q-1;+1;. The second kappa shape index (κ2) is 3.27. The molecule has 1 aromatic heterocycles. The first-order valence-electron chi connectivity index (χ1n) is 2.11. The van der Waals surface area contributed by atoms with Crippen molar-refractivity contribution in [2.75, 3.05) is 0 Å². The Morgan fingerprint density at radius 3 is 2.50 bits per heavy atom. The molecular weight excluding hydrogens is 205 g/mol. The quantitative estimate of drug-likeness (QED) is 0.532. The van der Waals surface area contributed by atoms with Gasteiger partial charge in [0.1, 0.15) is 0 Å². The monoisotopic (exact) mass is 212 g/mol. The SMILES string of the molecule is [O]=[Mo][PH]n1cccc1. The van der Waals surface area contributed by atoms with E-state index in [1.165, 1.54) is 0 Å². The third-order valence-corrected chi connectivity index (χ3v) is 3.43. The Hall–Kier alpha value is 0.198. The molecule has 0 radical (unpaired) electrons. The van der Waals surface area contributed by atoms with E-state index in [1.54, 1.807) is 0 Å². The van der Waals surface area contributed by atoms with Crippen LogP contribution < -0.4 is 0 Å². The molecule has 43 valence electrons. The van der Waals surface area contributed by atoms with E-state index < -0.39 is 18.0 Å². The van der Waals surface area contributed by atoms with Crippen LogP contribution in [0.15, 0.2) is 24.5 Å². The maximum atomic E-state index is 10.1. The molecule has 0 N–H and O–H groups in total. The summed E-state index contributed by atoms with van der Waals surface area (Å²) in [5.41, 5.74) is 0. The molecule has 1 heterocycles. The first kappa shape index (κ1) is 6.32. The first-order valence-corrected chi connectivity index (χ1v) is 6.80. The Labute approximate surface area is 57.4 Å². The minimum absolute atomic E-state index is 0.503. The van der Waals surface area contributed by atoms with E-state index in [9.17, 15) is 3.40 Å². The zero-order valence-electron chi connectivity index (χ0n) is 4.07. The predicted molar refractivity (Wildman–Crippen MR) is 28.8 cm³/mol. The van der Waals surface area contributed by atoms with Crippen LogP contribution in [-0.4, -0.2) is 4.34 Å². The van der Waals surface area contributed by atoms with Gasteiger partial charge >= 0.3 is 57.1 Å². The maximum absolute atomic E-state index is 10.1. The molecule has 8 heavy (non-hydrogen) atoms. The Morgan fingerprint density at radius 1 is 1.38 bits per heavy atom. The van der Waals surface area contributed by atoms with E-state index >= 15 is 0 Å². The summed E-state index contributed by atoms with van der Waals surface area (Å²) in [6.45, 7) is 0.503. The molecular formula is C4H5MoNOP. The summed E-state index contributed by atoms with van der Waals surface area (Å²) in [6, 6.07) is 3.88. The van der Waals surface area contributed by atoms with Crippen molar-refractivity contribution in [3.63, 3.8) is 0 Å². The van der Waals surface area contributed by atoms with Crippen molar-refractivity contribution in [2.24, 2.45) is 0 Å². The molecule has 0 spiro atoms. The van der Waals surface area contributed by atoms with Crippen LogP contribution in [-0.2, 0) is 21.4 Å². The predicted octanol–water partition coefficient (Wildman–Crippen LogP) is 1.27. The molecule has 0 aromatic carbocycles. The second-order valence-corrected chi connectivity index (χ2v) is 4.71. The van der Waals surface area contributed by atoms with Gasteiger partial charge in [0.2, 0.25) is 0 Å². The normalized spacial score (nSPS) is 10.5. The van der Waals surface area contributed by atoms with Gasteiger partial charge in [0.05, 0.1) is 0 Å². The summed E-state index contributed by atoms with van der Waals surface area (Å²) in [6.07, 6.45) is 3.86. The van der Waals surface area contributed by atoms with Gasteiger partial charge < -0.3 is 0 Å². The van der Waals surface area contributed by atoms with E-state index in [0.717, 1.165) is 0 Å². The number of aromatic nitrogens is 1. The zero-order chi connectivity index (χ0) is 5.82. The summed E-state index contributed by atoms with van der Waals surface area (Å²) >= 11 is -0.950. The molecule has 0 aliphatic heterocycles.